The van der Waals surface area contributed by atoms with Crippen molar-refractivity contribution in [2.24, 2.45) is 23.5 Å². The Bertz CT molecular complexity index is 158. The molecule has 0 aromatic heterocycles. The quantitative estimate of drug-likeness (QED) is 0.631. The third-order valence-corrected chi connectivity index (χ3v) is 3.70. The van der Waals surface area contributed by atoms with Crippen molar-refractivity contribution < 1.29 is 0 Å². The second-order valence-corrected chi connectivity index (χ2v) is 4.64. The zero-order chi connectivity index (χ0) is 8.55. The third kappa shape index (κ3) is 1.50. The first-order valence-corrected chi connectivity index (χ1v) is 5.18. The van der Waals surface area contributed by atoms with Crippen molar-refractivity contribution in [3.63, 3.8) is 0 Å². The number of nitrogens with two attached hydrogens (primary N) is 1. The fourth-order valence-corrected chi connectivity index (χ4v) is 2.98. The fraction of sp³-hybridized carbons (Fsp3) is 1.00. The minimum Gasteiger partial charge on any atom is -0.330 e. The summed E-state index contributed by atoms with van der Waals surface area (Å²) in [5, 5.41) is 0. The number of hydrogen-bond acceptors (Lipinski definition) is 2. The van der Waals surface area contributed by atoms with E-state index in [0.29, 0.717) is 0 Å². The van der Waals surface area contributed by atoms with Gasteiger partial charge in [-0.05, 0) is 57.2 Å². The van der Waals surface area contributed by atoms with Gasteiger partial charge in [-0.25, -0.2) is 0 Å². The zero-order valence-corrected chi connectivity index (χ0v) is 8.00. The standard InChI is InChI=1S/C10H20N2/c1-12-3-2-9-4-8(6-11)5-10(9)7-12/h8-10H,2-7,11H2,1H3. The molecule has 2 fully saturated rings. The van der Waals surface area contributed by atoms with Gasteiger partial charge in [-0.15, -0.1) is 0 Å². The van der Waals surface area contributed by atoms with Gasteiger partial charge < -0.3 is 10.6 Å². The van der Waals surface area contributed by atoms with E-state index in [4.69, 9.17) is 5.73 Å². The van der Waals surface area contributed by atoms with Gasteiger partial charge >= 0.3 is 0 Å². The van der Waals surface area contributed by atoms with Crippen LogP contribution in [0, 0.1) is 17.8 Å². The summed E-state index contributed by atoms with van der Waals surface area (Å²) < 4.78 is 0. The van der Waals surface area contributed by atoms with Gasteiger partial charge in [0.2, 0.25) is 0 Å². The Labute approximate surface area is 75.1 Å². The number of likely N-dealkylation sites (tertiary alicyclic amines) is 1. The van der Waals surface area contributed by atoms with Crippen LogP contribution in [0.3, 0.4) is 0 Å². The van der Waals surface area contributed by atoms with Crippen LogP contribution >= 0.6 is 0 Å². The molecular weight excluding hydrogens is 148 g/mol. The Morgan fingerprint density at radius 2 is 2.08 bits per heavy atom. The van der Waals surface area contributed by atoms with Crippen molar-refractivity contribution in [2.75, 3.05) is 26.7 Å². The first kappa shape index (κ1) is 8.52. The lowest BCUT2D eigenvalue weighted by Crippen LogP contribution is -2.35. The molecule has 2 nitrogen and oxygen atoms in total. The normalized spacial score (nSPS) is 43.0. The van der Waals surface area contributed by atoms with Gasteiger partial charge in [0.15, 0.2) is 0 Å². The Hall–Kier alpha value is -0.0800. The van der Waals surface area contributed by atoms with Gasteiger partial charge in [0.1, 0.15) is 0 Å². The summed E-state index contributed by atoms with van der Waals surface area (Å²) in [6.45, 7) is 3.54. The molecule has 12 heavy (non-hydrogen) atoms. The summed E-state index contributed by atoms with van der Waals surface area (Å²) >= 11 is 0. The molecule has 0 aromatic carbocycles. The fourth-order valence-electron chi connectivity index (χ4n) is 2.98. The number of hydrogen-bond donors (Lipinski definition) is 1. The molecule has 2 aliphatic rings. The van der Waals surface area contributed by atoms with E-state index in [0.717, 1.165) is 24.3 Å². The minimum absolute atomic E-state index is 0.839. The number of rotatable bonds is 1. The highest BCUT2D eigenvalue weighted by atomic mass is 15.1. The lowest BCUT2D eigenvalue weighted by molar-refractivity contribution is 0.166. The Balaban J connectivity index is 1.93. The first-order chi connectivity index (χ1) is 5.79. The zero-order valence-electron chi connectivity index (χ0n) is 8.00. The van der Waals surface area contributed by atoms with Crippen LogP contribution in [0.4, 0.5) is 0 Å². The molecule has 1 aliphatic carbocycles. The number of piperidine rings is 1. The van der Waals surface area contributed by atoms with E-state index >= 15 is 0 Å². The maximum absolute atomic E-state index is 5.71. The number of nitrogens with zero attached hydrogens (tertiary/aromatic N) is 1. The van der Waals surface area contributed by atoms with Gasteiger partial charge in [-0.1, -0.05) is 0 Å². The van der Waals surface area contributed by atoms with Crippen LogP contribution in [0.15, 0.2) is 0 Å². The molecule has 0 spiro atoms. The summed E-state index contributed by atoms with van der Waals surface area (Å²) in [6.07, 6.45) is 4.22. The van der Waals surface area contributed by atoms with E-state index < -0.39 is 0 Å². The molecule has 0 aromatic rings. The van der Waals surface area contributed by atoms with E-state index in [2.05, 4.69) is 11.9 Å². The van der Waals surface area contributed by atoms with Crippen molar-refractivity contribution in [1.82, 2.24) is 4.90 Å². The van der Waals surface area contributed by atoms with Gasteiger partial charge in [0.25, 0.3) is 0 Å². The molecule has 3 unspecified atom stereocenters. The molecule has 1 aliphatic heterocycles. The molecule has 70 valence electrons. The Morgan fingerprint density at radius 1 is 1.33 bits per heavy atom. The summed E-state index contributed by atoms with van der Waals surface area (Å²) in [5.41, 5.74) is 5.71. The van der Waals surface area contributed by atoms with Crippen molar-refractivity contribution in [3.05, 3.63) is 0 Å². The number of fused-ring (bicyclic) bond motifs is 1. The Kier molecular flexibility index (Phi) is 2.37. The van der Waals surface area contributed by atoms with E-state index in [1.54, 1.807) is 0 Å². The van der Waals surface area contributed by atoms with Gasteiger partial charge in [-0.3, -0.25) is 0 Å². The SMILES string of the molecule is CN1CCC2CC(CN)CC2C1. The van der Waals surface area contributed by atoms with Crippen molar-refractivity contribution in [1.29, 1.82) is 0 Å². The molecule has 2 rings (SSSR count). The summed E-state index contributed by atoms with van der Waals surface area (Å²) in [7, 11) is 2.24. The highest BCUT2D eigenvalue weighted by molar-refractivity contribution is 4.88. The van der Waals surface area contributed by atoms with E-state index in [1.807, 2.05) is 0 Å². The topological polar surface area (TPSA) is 29.3 Å². The van der Waals surface area contributed by atoms with Crippen LogP contribution in [0.25, 0.3) is 0 Å². The molecule has 0 bridgehead atoms. The first-order valence-electron chi connectivity index (χ1n) is 5.18. The second-order valence-electron chi connectivity index (χ2n) is 4.64. The molecule has 2 N–H and O–H groups in total. The van der Waals surface area contributed by atoms with Crippen LogP contribution in [0.5, 0.6) is 0 Å². The van der Waals surface area contributed by atoms with Crippen molar-refractivity contribution in [3.8, 4) is 0 Å². The average Bonchev–Trinajstić information content (AvgIpc) is 2.46. The van der Waals surface area contributed by atoms with Crippen LogP contribution in [0.2, 0.25) is 0 Å². The maximum atomic E-state index is 5.71. The van der Waals surface area contributed by atoms with Gasteiger partial charge in [-0.2, -0.15) is 0 Å². The molecule has 1 heterocycles. The van der Waals surface area contributed by atoms with Crippen LogP contribution < -0.4 is 5.73 Å². The molecule has 3 atom stereocenters. The van der Waals surface area contributed by atoms with Gasteiger partial charge in [0, 0.05) is 6.54 Å². The average molecular weight is 168 g/mol. The highest BCUT2D eigenvalue weighted by Crippen LogP contribution is 2.40. The maximum Gasteiger partial charge on any atom is 0.000938 e. The molecule has 2 heteroatoms. The Morgan fingerprint density at radius 3 is 2.83 bits per heavy atom. The van der Waals surface area contributed by atoms with E-state index in [1.165, 1.54) is 32.4 Å². The minimum atomic E-state index is 0.839. The monoisotopic (exact) mass is 168 g/mol. The smallest absolute Gasteiger partial charge is 0.000938 e. The van der Waals surface area contributed by atoms with E-state index in [-0.39, 0.29) is 0 Å². The molecule has 1 saturated heterocycles. The second kappa shape index (κ2) is 3.35. The highest BCUT2D eigenvalue weighted by Gasteiger charge is 2.36. The predicted octanol–water partition coefficient (Wildman–Crippen LogP) is 0.923. The summed E-state index contributed by atoms with van der Waals surface area (Å²) in [5.74, 6) is 2.82. The van der Waals surface area contributed by atoms with Gasteiger partial charge in [0.05, 0.1) is 0 Å². The molecule has 1 saturated carbocycles. The third-order valence-electron chi connectivity index (χ3n) is 3.70. The predicted molar refractivity (Wildman–Crippen MR) is 50.9 cm³/mol. The van der Waals surface area contributed by atoms with Crippen LogP contribution in [-0.2, 0) is 0 Å². The lowest BCUT2D eigenvalue weighted by Gasteiger charge is -2.32. The van der Waals surface area contributed by atoms with E-state index in [9.17, 15) is 0 Å². The lowest BCUT2D eigenvalue weighted by atomic mass is 9.89. The summed E-state index contributed by atoms with van der Waals surface area (Å²) in [6, 6.07) is 0. The summed E-state index contributed by atoms with van der Waals surface area (Å²) in [4.78, 5) is 2.47. The molecular formula is C10H20N2. The van der Waals surface area contributed by atoms with Crippen molar-refractivity contribution in [2.45, 2.75) is 19.3 Å². The molecule has 0 radical (unpaired) electrons. The molecule has 0 amide bonds. The van der Waals surface area contributed by atoms with Crippen LogP contribution in [0.1, 0.15) is 19.3 Å². The van der Waals surface area contributed by atoms with Crippen molar-refractivity contribution >= 4 is 0 Å². The largest absolute Gasteiger partial charge is 0.330 e. The van der Waals surface area contributed by atoms with Crippen LogP contribution in [-0.4, -0.2) is 31.6 Å².